The maximum Gasteiger partial charge on any atom is 0.0602 e. The highest BCUT2D eigenvalue weighted by Gasteiger charge is 2.23. The van der Waals surface area contributed by atoms with Crippen molar-refractivity contribution in [3.05, 3.63) is 29.6 Å². The van der Waals surface area contributed by atoms with E-state index in [9.17, 15) is 0 Å². The average molecular weight is 204 g/mol. The third-order valence-electron chi connectivity index (χ3n) is 3.52. The molecule has 1 aliphatic rings. The zero-order valence-corrected chi connectivity index (χ0v) is 9.66. The second kappa shape index (κ2) is 4.75. The van der Waals surface area contributed by atoms with E-state index in [-0.39, 0.29) is 0 Å². The highest BCUT2D eigenvalue weighted by Crippen LogP contribution is 2.34. The van der Waals surface area contributed by atoms with Gasteiger partial charge in [0.15, 0.2) is 0 Å². The van der Waals surface area contributed by atoms with Gasteiger partial charge in [-0.05, 0) is 37.9 Å². The summed E-state index contributed by atoms with van der Waals surface area (Å²) in [6.45, 7) is 2.15. The van der Waals surface area contributed by atoms with Crippen molar-refractivity contribution in [1.29, 1.82) is 0 Å². The summed E-state index contributed by atoms with van der Waals surface area (Å²) in [5, 5.41) is 3.40. The van der Waals surface area contributed by atoms with E-state index >= 15 is 0 Å². The fraction of sp³-hybridized carbons (Fsp3) is 0.615. The topological polar surface area (TPSA) is 24.9 Å². The number of nitrogens with one attached hydrogen (secondary N) is 1. The number of pyridine rings is 1. The van der Waals surface area contributed by atoms with Gasteiger partial charge in [0.2, 0.25) is 0 Å². The minimum absolute atomic E-state index is 0.441. The fourth-order valence-corrected chi connectivity index (χ4v) is 2.29. The van der Waals surface area contributed by atoms with Crippen molar-refractivity contribution in [1.82, 2.24) is 10.3 Å². The zero-order chi connectivity index (χ0) is 10.7. The summed E-state index contributed by atoms with van der Waals surface area (Å²) in [5.74, 6) is 0.920. The van der Waals surface area contributed by atoms with Gasteiger partial charge in [-0.15, -0.1) is 0 Å². The number of hydrogen-bond acceptors (Lipinski definition) is 2. The van der Waals surface area contributed by atoms with Crippen molar-refractivity contribution >= 4 is 0 Å². The third-order valence-corrected chi connectivity index (χ3v) is 3.52. The Morgan fingerprint density at radius 2 is 2.33 bits per heavy atom. The van der Waals surface area contributed by atoms with E-state index < -0.39 is 0 Å². The van der Waals surface area contributed by atoms with E-state index in [4.69, 9.17) is 0 Å². The van der Waals surface area contributed by atoms with Crippen LogP contribution in [0.3, 0.4) is 0 Å². The van der Waals surface area contributed by atoms with Crippen LogP contribution in [0.15, 0.2) is 18.3 Å². The second-order valence-corrected chi connectivity index (χ2v) is 4.58. The predicted molar refractivity (Wildman–Crippen MR) is 62.7 cm³/mol. The first-order valence-corrected chi connectivity index (χ1v) is 5.90. The van der Waals surface area contributed by atoms with E-state index in [0.717, 1.165) is 5.92 Å². The second-order valence-electron chi connectivity index (χ2n) is 4.58. The molecule has 0 aliphatic heterocycles. The molecule has 0 aromatic carbocycles. The molecule has 1 atom stereocenters. The van der Waals surface area contributed by atoms with Gasteiger partial charge < -0.3 is 5.32 Å². The SMILES string of the molecule is CNC(CC1CCC1)c1ncccc1C. The Bertz CT molecular complexity index is 318. The van der Waals surface area contributed by atoms with Crippen molar-refractivity contribution in [2.24, 2.45) is 5.92 Å². The van der Waals surface area contributed by atoms with Gasteiger partial charge in [-0.1, -0.05) is 25.3 Å². The first-order valence-electron chi connectivity index (χ1n) is 5.90. The lowest BCUT2D eigenvalue weighted by Crippen LogP contribution is -2.24. The highest BCUT2D eigenvalue weighted by molar-refractivity contribution is 5.21. The van der Waals surface area contributed by atoms with Crippen LogP contribution in [0, 0.1) is 12.8 Å². The van der Waals surface area contributed by atoms with Crippen molar-refractivity contribution in [3.8, 4) is 0 Å². The molecule has 1 N–H and O–H groups in total. The minimum atomic E-state index is 0.441. The van der Waals surface area contributed by atoms with Gasteiger partial charge in [-0.25, -0.2) is 0 Å². The standard InChI is InChI=1S/C13H20N2/c1-10-5-4-8-15-13(10)12(14-2)9-11-6-3-7-11/h4-5,8,11-12,14H,3,6-7,9H2,1-2H3. The summed E-state index contributed by atoms with van der Waals surface area (Å²) in [7, 11) is 2.04. The van der Waals surface area contributed by atoms with Crippen LogP contribution in [-0.2, 0) is 0 Å². The first-order chi connectivity index (χ1) is 7.31. The summed E-state index contributed by atoms with van der Waals surface area (Å²) < 4.78 is 0. The molecule has 1 heterocycles. The molecule has 82 valence electrons. The molecule has 0 saturated heterocycles. The van der Waals surface area contributed by atoms with Crippen LogP contribution in [-0.4, -0.2) is 12.0 Å². The molecular formula is C13H20N2. The Morgan fingerprint density at radius 3 is 2.87 bits per heavy atom. The molecule has 0 bridgehead atoms. The van der Waals surface area contributed by atoms with Crippen LogP contribution < -0.4 is 5.32 Å². The smallest absolute Gasteiger partial charge is 0.0602 e. The lowest BCUT2D eigenvalue weighted by molar-refractivity contribution is 0.263. The quantitative estimate of drug-likeness (QED) is 0.815. The maximum absolute atomic E-state index is 4.50. The van der Waals surface area contributed by atoms with E-state index in [2.05, 4.69) is 23.3 Å². The van der Waals surface area contributed by atoms with E-state index in [0.29, 0.717) is 6.04 Å². The van der Waals surface area contributed by atoms with Crippen LogP contribution in [0.5, 0.6) is 0 Å². The molecule has 1 saturated carbocycles. The van der Waals surface area contributed by atoms with E-state index in [1.54, 1.807) is 0 Å². The normalized spacial score (nSPS) is 18.5. The first kappa shape index (κ1) is 10.6. The average Bonchev–Trinajstić information content (AvgIpc) is 2.19. The van der Waals surface area contributed by atoms with Crippen molar-refractivity contribution in [3.63, 3.8) is 0 Å². The molecule has 1 unspecified atom stereocenters. The molecular weight excluding hydrogens is 184 g/mol. The van der Waals surface area contributed by atoms with Crippen molar-refractivity contribution in [2.75, 3.05) is 7.05 Å². The summed E-state index contributed by atoms with van der Waals surface area (Å²) in [5.41, 5.74) is 2.53. The van der Waals surface area contributed by atoms with Gasteiger partial charge in [0.25, 0.3) is 0 Å². The van der Waals surface area contributed by atoms with Crippen LogP contribution in [0.25, 0.3) is 0 Å². The number of nitrogens with zero attached hydrogens (tertiary/aromatic N) is 1. The van der Waals surface area contributed by atoms with Gasteiger partial charge in [0.05, 0.1) is 5.69 Å². The Hall–Kier alpha value is -0.890. The molecule has 1 fully saturated rings. The molecule has 2 rings (SSSR count). The molecule has 0 amide bonds. The van der Waals surface area contributed by atoms with Gasteiger partial charge in [0, 0.05) is 12.2 Å². The summed E-state index contributed by atoms with van der Waals surface area (Å²) in [4.78, 5) is 4.50. The zero-order valence-electron chi connectivity index (χ0n) is 9.66. The Balaban J connectivity index is 2.07. The number of hydrogen-bond donors (Lipinski definition) is 1. The van der Waals surface area contributed by atoms with Crippen LogP contribution >= 0.6 is 0 Å². The third kappa shape index (κ3) is 2.37. The largest absolute Gasteiger partial charge is 0.312 e. The predicted octanol–water partition coefficient (Wildman–Crippen LogP) is 2.84. The van der Waals surface area contributed by atoms with Crippen LogP contribution in [0.2, 0.25) is 0 Å². The van der Waals surface area contributed by atoms with E-state index in [1.165, 1.54) is 36.9 Å². The molecule has 0 spiro atoms. The van der Waals surface area contributed by atoms with E-state index in [1.807, 2.05) is 19.3 Å². The van der Waals surface area contributed by atoms with Gasteiger partial charge >= 0.3 is 0 Å². The maximum atomic E-state index is 4.50. The molecule has 0 radical (unpaired) electrons. The fourth-order valence-electron chi connectivity index (χ4n) is 2.29. The highest BCUT2D eigenvalue weighted by atomic mass is 14.9. The molecule has 1 aromatic heterocycles. The van der Waals surface area contributed by atoms with Crippen molar-refractivity contribution < 1.29 is 0 Å². The number of aryl methyl sites for hydroxylation is 1. The molecule has 15 heavy (non-hydrogen) atoms. The monoisotopic (exact) mass is 204 g/mol. The molecule has 1 aromatic rings. The minimum Gasteiger partial charge on any atom is -0.312 e. The van der Waals surface area contributed by atoms with Gasteiger partial charge in [-0.2, -0.15) is 0 Å². The summed E-state index contributed by atoms with van der Waals surface area (Å²) >= 11 is 0. The Morgan fingerprint density at radius 1 is 1.53 bits per heavy atom. The summed E-state index contributed by atoms with van der Waals surface area (Å²) in [6.07, 6.45) is 7.37. The van der Waals surface area contributed by atoms with Gasteiger partial charge in [-0.3, -0.25) is 4.98 Å². The number of rotatable bonds is 4. The molecule has 1 aliphatic carbocycles. The van der Waals surface area contributed by atoms with Crippen LogP contribution in [0.1, 0.15) is 43.0 Å². The lowest BCUT2D eigenvalue weighted by Gasteiger charge is -2.29. The van der Waals surface area contributed by atoms with Gasteiger partial charge in [0.1, 0.15) is 0 Å². The van der Waals surface area contributed by atoms with Crippen molar-refractivity contribution in [2.45, 2.75) is 38.6 Å². The molecule has 2 nitrogen and oxygen atoms in total. The Labute approximate surface area is 92.1 Å². The molecule has 2 heteroatoms. The number of aromatic nitrogens is 1. The lowest BCUT2D eigenvalue weighted by atomic mass is 9.80. The summed E-state index contributed by atoms with van der Waals surface area (Å²) in [6, 6.07) is 4.60. The van der Waals surface area contributed by atoms with Crippen LogP contribution in [0.4, 0.5) is 0 Å². The Kier molecular flexibility index (Phi) is 3.37.